The lowest BCUT2D eigenvalue weighted by atomic mass is 9.86. The van der Waals surface area contributed by atoms with Gasteiger partial charge in [-0.2, -0.15) is 0 Å². The van der Waals surface area contributed by atoms with Gasteiger partial charge in [0.15, 0.2) is 0 Å². The third-order valence-electron chi connectivity index (χ3n) is 7.12. The molecule has 6 rings (SSSR count). The molecule has 0 radical (unpaired) electrons. The molecule has 2 aliphatic carbocycles. The van der Waals surface area contributed by atoms with Crippen LogP contribution in [-0.2, 0) is 17.6 Å². The standard InChI is InChI=1S/C26H29ClN4O2/c27-20-8-11-23-19(13-20)14-22(32-16-17-4-5-17)15-24-29-30-26(31(23)24)18-6-9-21(10-7-18)33-25-3-1-2-12-28-25/h1-3,8,11-13,17-18,21-22H,4-7,9-10,14-16H2. The van der Waals surface area contributed by atoms with Gasteiger partial charge in [0.05, 0.1) is 11.8 Å². The van der Waals surface area contributed by atoms with Crippen LogP contribution in [0.4, 0.5) is 0 Å². The average Bonchev–Trinajstić information content (AvgIpc) is 3.60. The molecule has 6 nitrogen and oxygen atoms in total. The molecule has 1 unspecified atom stereocenters. The number of rotatable bonds is 6. The second kappa shape index (κ2) is 9.07. The number of halogens is 1. The third kappa shape index (κ3) is 4.64. The summed E-state index contributed by atoms with van der Waals surface area (Å²) in [6.45, 7) is 0.849. The van der Waals surface area contributed by atoms with E-state index in [-0.39, 0.29) is 12.2 Å². The van der Waals surface area contributed by atoms with Crippen LogP contribution in [0.3, 0.4) is 0 Å². The van der Waals surface area contributed by atoms with E-state index in [4.69, 9.17) is 26.2 Å². The van der Waals surface area contributed by atoms with Crippen molar-refractivity contribution in [2.75, 3.05) is 6.61 Å². The molecule has 0 amide bonds. The molecule has 0 bridgehead atoms. The molecule has 1 atom stereocenters. The summed E-state index contributed by atoms with van der Waals surface area (Å²) < 4.78 is 14.7. The zero-order chi connectivity index (χ0) is 22.2. The molecule has 1 aromatic carbocycles. The Morgan fingerprint density at radius 3 is 2.61 bits per heavy atom. The zero-order valence-electron chi connectivity index (χ0n) is 18.7. The maximum absolute atomic E-state index is 6.39. The van der Waals surface area contributed by atoms with Crippen molar-refractivity contribution in [1.29, 1.82) is 0 Å². The largest absolute Gasteiger partial charge is 0.474 e. The van der Waals surface area contributed by atoms with E-state index in [0.29, 0.717) is 11.8 Å². The van der Waals surface area contributed by atoms with Crippen molar-refractivity contribution < 1.29 is 9.47 Å². The van der Waals surface area contributed by atoms with Gasteiger partial charge in [0, 0.05) is 42.7 Å². The van der Waals surface area contributed by atoms with Crippen molar-refractivity contribution in [3.05, 3.63) is 64.8 Å². The number of benzene rings is 1. The Labute approximate surface area is 199 Å². The molecule has 0 saturated heterocycles. The molecule has 7 heteroatoms. The van der Waals surface area contributed by atoms with Crippen LogP contribution < -0.4 is 4.74 Å². The number of fused-ring (bicyclic) bond motifs is 3. The minimum Gasteiger partial charge on any atom is -0.474 e. The van der Waals surface area contributed by atoms with Crippen LogP contribution in [0.15, 0.2) is 42.6 Å². The van der Waals surface area contributed by atoms with E-state index < -0.39 is 0 Å². The monoisotopic (exact) mass is 464 g/mol. The number of aromatic nitrogens is 4. The number of hydrogen-bond acceptors (Lipinski definition) is 5. The Balaban J connectivity index is 1.23. The summed E-state index contributed by atoms with van der Waals surface area (Å²) in [5.41, 5.74) is 2.37. The highest BCUT2D eigenvalue weighted by molar-refractivity contribution is 6.30. The van der Waals surface area contributed by atoms with E-state index in [9.17, 15) is 0 Å². The summed E-state index contributed by atoms with van der Waals surface area (Å²) in [5.74, 6) is 3.87. The first-order valence-corrected chi connectivity index (χ1v) is 12.5. The molecule has 0 N–H and O–H groups in total. The quantitative estimate of drug-likeness (QED) is 0.494. The van der Waals surface area contributed by atoms with Crippen LogP contribution in [0.25, 0.3) is 5.69 Å². The van der Waals surface area contributed by atoms with Crippen LogP contribution >= 0.6 is 11.6 Å². The van der Waals surface area contributed by atoms with Crippen molar-refractivity contribution >= 4 is 11.6 Å². The summed E-state index contributed by atoms with van der Waals surface area (Å²) in [7, 11) is 0. The molecule has 0 spiro atoms. The van der Waals surface area contributed by atoms with Gasteiger partial charge in [-0.1, -0.05) is 17.7 Å². The first-order chi connectivity index (χ1) is 16.2. The molecule has 2 saturated carbocycles. The Hall–Kier alpha value is -2.44. The van der Waals surface area contributed by atoms with E-state index in [1.807, 2.05) is 24.3 Å². The molecule has 3 aromatic rings. The van der Waals surface area contributed by atoms with Gasteiger partial charge in [0.1, 0.15) is 17.8 Å². The minimum absolute atomic E-state index is 0.114. The Kier molecular flexibility index (Phi) is 5.80. The van der Waals surface area contributed by atoms with E-state index >= 15 is 0 Å². The van der Waals surface area contributed by atoms with Crippen LogP contribution in [0.1, 0.15) is 61.7 Å². The summed E-state index contributed by atoms with van der Waals surface area (Å²) in [6.07, 6.45) is 10.4. The van der Waals surface area contributed by atoms with Crippen molar-refractivity contribution in [3.8, 4) is 11.6 Å². The molecule has 2 fully saturated rings. The predicted octanol–water partition coefficient (Wildman–Crippen LogP) is 5.31. The van der Waals surface area contributed by atoms with Gasteiger partial charge in [-0.25, -0.2) is 4.98 Å². The second-order valence-corrected chi connectivity index (χ2v) is 10.1. The number of ether oxygens (including phenoxy) is 2. The molecule has 172 valence electrons. The van der Waals surface area contributed by atoms with Crippen molar-refractivity contribution in [2.45, 2.75) is 69.5 Å². The highest BCUT2D eigenvalue weighted by Crippen LogP contribution is 2.37. The minimum atomic E-state index is 0.114. The molecule has 1 aliphatic heterocycles. The van der Waals surface area contributed by atoms with Gasteiger partial charge >= 0.3 is 0 Å². The lowest BCUT2D eigenvalue weighted by Crippen LogP contribution is -2.25. The average molecular weight is 465 g/mol. The number of pyridine rings is 1. The molecular formula is C26H29ClN4O2. The van der Waals surface area contributed by atoms with Crippen molar-refractivity contribution in [1.82, 2.24) is 19.7 Å². The van der Waals surface area contributed by atoms with Crippen LogP contribution in [0, 0.1) is 5.92 Å². The van der Waals surface area contributed by atoms with Crippen molar-refractivity contribution in [3.63, 3.8) is 0 Å². The normalized spacial score (nSPS) is 24.6. The Bertz CT molecular complexity index is 1110. The van der Waals surface area contributed by atoms with Crippen molar-refractivity contribution in [2.24, 2.45) is 5.92 Å². The van der Waals surface area contributed by atoms with Gasteiger partial charge in [-0.05, 0) is 74.3 Å². The Morgan fingerprint density at radius 1 is 0.939 bits per heavy atom. The number of nitrogens with zero attached hydrogens (tertiary/aromatic N) is 4. The highest BCUT2D eigenvalue weighted by Gasteiger charge is 2.32. The molecule has 33 heavy (non-hydrogen) atoms. The van der Waals surface area contributed by atoms with E-state index in [2.05, 4.69) is 26.8 Å². The van der Waals surface area contributed by atoms with Gasteiger partial charge in [-0.3, -0.25) is 4.57 Å². The van der Waals surface area contributed by atoms with Gasteiger partial charge in [-0.15, -0.1) is 10.2 Å². The van der Waals surface area contributed by atoms with E-state index in [0.717, 1.165) is 73.4 Å². The van der Waals surface area contributed by atoms with Gasteiger partial charge in [0.2, 0.25) is 5.88 Å². The fourth-order valence-corrected chi connectivity index (χ4v) is 5.34. The summed E-state index contributed by atoms with van der Waals surface area (Å²) in [6, 6.07) is 12.0. The van der Waals surface area contributed by atoms with Crippen LogP contribution in [0.5, 0.6) is 5.88 Å². The zero-order valence-corrected chi connectivity index (χ0v) is 19.5. The lowest BCUT2D eigenvalue weighted by Gasteiger charge is -2.28. The van der Waals surface area contributed by atoms with Gasteiger partial charge in [0.25, 0.3) is 0 Å². The molecule has 3 aliphatic rings. The summed E-state index contributed by atoms with van der Waals surface area (Å²) in [4.78, 5) is 4.31. The van der Waals surface area contributed by atoms with E-state index in [1.54, 1.807) is 6.20 Å². The first-order valence-electron chi connectivity index (χ1n) is 12.1. The molecule has 3 heterocycles. The maximum atomic E-state index is 6.39. The molecule has 2 aromatic heterocycles. The van der Waals surface area contributed by atoms with Crippen LogP contribution in [-0.4, -0.2) is 38.6 Å². The summed E-state index contributed by atoms with van der Waals surface area (Å²) in [5, 5.41) is 10.1. The molecular weight excluding hydrogens is 436 g/mol. The smallest absolute Gasteiger partial charge is 0.213 e. The predicted molar refractivity (Wildman–Crippen MR) is 126 cm³/mol. The summed E-state index contributed by atoms with van der Waals surface area (Å²) >= 11 is 6.39. The highest BCUT2D eigenvalue weighted by atomic mass is 35.5. The van der Waals surface area contributed by atoms with Gasteiger partial charge < -0.3 is 9.47 Å². The third-order valence-corrected chi connectivity index (χ3v) is 7.36. The fourth-order valence-electron chi connectivity index (χ4n) is 5.15. The number of hydrogen-bond donors (Lipinski definition) is 0. The maximum Gasteiger partial charge on any atom is 0.213 e. The van der Waals surface area contributed by atoms with E-state index in [1.165, 1.54) is 18.4 Å². The SMILES string of the molecule is Clc1ccc2c(c1)CC(OCC1CC1)Cc1nnc(C3CCC(Oc4ccccn4)CC3)n1-2. The fraction of sp³-hybridized carbons (Fsp3) is 0.500. The topological polar surface area (TPSA) is 62.1 Å². The Morgan fingerprint density at radius 2 is 1.82 bits per heavy atom. The first kappa shape index (κ1) is 21.1. The second-order valence-electron chi connectivity index (χ2n) is 9.65. The van der Waals surface area contributed by atoms with Crippen LogP contribution in [0.2, 0.25) is 5.02 Å². The lowest BCUT2D eigenvalue weighted by molar-refractivity contribution is 0.0461.